The van der Waals surface area contributed by atoms with Crippen LogP contribution < -0.4 is 0 Å². The number of phenols is 2. The lowest BCUT2D eigenvalue weighted by molar-refractivity contribution is 0.457. The number of para-hydroxylation sites is 1. The molecule has 0 unspecified atom stereocenters. The molecule has 2 aromatic carbocycles. The van der Waals surface area contributed by atoms with Gasteiger partial charge >= 0.3 is 0 Å². The first-order valence-electron chi connectivity index (χ1n) is 5.21. The minimum Gasteiger partial charge on any atom is -0.508 e. The van der Waals surface area contributed by atoms with Crippen LogP contribution in [0.15, 0.2) is 48.7 Å². The lowest BCUT2D eigenvalue weighted by Crippen LogP contribution is -1.96. The molecule has 0 fully saturated rings. The molecule has 84 valence electrons. The number of aromatic hydroxyl groups is 2. The summed E-state index contributed by atoms with van der Waals surface area (Å²) in [7, 11) is 0. The van der Waals surface area contributed by atoms with Crippen LogP contribution >= 0.6 is 0 Å². The average molecular weight is 226 g/mol. The minimum atomic E-state index is 0.0802. The van der Waals surface area contributed by atoms with Gasteiger partial charge in [0.25, 0.3) is 0 Å². The minimum absolute atomic E-state index is 0.0802. The van der Waals surface area contributed by atoms with Crippen molar-refractivity contribution in [1.29, 1.82) is 0 Å². The summed E-state index contributed by atoms with van der Waals surface area (Å²) in [6.45, 7) is 0. The Kier molecular flexibility index (Phi) is 2.01. The molecule has 3 aromatic rings. The lowest BCUT2D eigenvalue weighted by atomic mass is 10.2. The van der Waals surface area contributed by atoms with E-state index in [-0.39, 0.29) is 11.5 Å². The summed E-state index contributed by atoms with van der Waals surface area (Å²) in [5, 5.41) is 24.4. The predicted octanol–water partition coefficient (Wildman–Crippen LogP) is 2.44. The molecular weight excluding hydrogens is 216 g/mol. The summed E-state index contributed by atoms with van der Waals surface area (Å²) in [4.78, 5) is 0. The van der Waals surface area contributed by atoms with Gasteiger partial charge in [0, 0.05) is 11.5 Å². The molecule has 4 nitrogen and oxygen atoms in total. The van der Waals surface area contributed by atoms with Crippen molar-refractivity contribution in [1.82, 2.24) is 9.78 Å². The molecule has 0 aliphatic heterocycles. The summed E-state index contributed by atoms with van der Waals surface area (Å²) >= 11 is 0. The van der Waals surface area contributed by atoms with Crippen LogP contribution in [-0.2, 0) is 0 Å². The van der Waals surface area contributed by atoms with E-state index in [9.17, 15) is 10.2 Å². The fourth-order valence-electron chi connectivity index (χ4n) is 1.85. The van der Waals surface area contributed by atoms with E-state index in [1.54, 1.807) is 10.9 Å². The quantitative estimate of drug-likeness (QED) is 0.626. The molecule has 0 saturated carbocycles. The van der Waals surface area contributed by atoms with Crippen LogP contribution in [0, 0.1) is 0 Å². The standard InChI is InChI=1S/C13H10N2O2/c16-10-5-6-13(17)12(7-10)15-11-4-2-1-3-9(11)8-14-15/h1-8,16-17H. The largest absolute Gasteiger partial charge is 0.508 e. The maximum atomic E-state index is 9.79. The van der Waals surface area contributed by atoms with Crippen molar-refractivity contribution in [3.8, 4) is 17.2 Å². The summed E-state index contributed by atoms with van der Waals surface area (Å²) in [5.41, 5.74) is 1.35. The summed E-state index contributed by atoms with van der Waals surface area (Å²) < 4.78 is 1.60. The van der Waals surface area contributed by atoms with Crippen molar-refractivity contribution in [2.75, 3.05) is 0 Å². The molecule has 1 aromatic heterocycles. The summed E-state index contributed by atoms with van der Waals surface area (Å²) in [6, 6.07) is 12.0. The molecule has 0 bridgehead atoms. The van der Waals surface area contributed by atoms with E-state index in [0.29, 0.717) is 5.69 Å². The van der Waals surface area contributed by atoms with Gasteiger partial charge in [0.2, 0.25) is 0 Å². The van der Waals surface area contributed by atoms with Crippen LogP contribution in [0.25, 0.3) is 16.6 Å². The Bertz CT molecular complexity index is 689. The van der Waals surface area contributed by atoms with E-state index >= 15 is 0 Å². The zero-order chi connectivity index (χ0) is 11.8. The third-order valence-electron chi connectivity index (χ3n) is 2.66. The topological polar surface area (TPSA) is 58.3 Å². The van der Waals surface area contributed by atoms with Crippen molar-refractivity contribution in [2.24, 2.45) is 0 Å². The molecule has 0 atom stereocenters. The third-order valence-corrected chi connectivity index (χ3v) is 2.66. The molecule has 0 saturated heterocycles. The molecule has 0 radical (unpaired) electrons. The highest BCUT2D eigenvalue weighted by molar-refractivity contribution is 5.80. The van der Waals surface area contributed by atoms with Crippen molar-refractivity contribution < 1.29 is 10.2 Å². The van der Waals surface area contributed by atoms with Gasteiger partial charge in [-0.15, -0.1) is 0 Å². The van der Waals surface area contributed by atoms with Gasteiger partial charge < -0.3 is 10.2 Å². The first-order valence-corrected chi connectivity index (χ1v) is 5.21. The van der Waals surface area contributed by atoms with Crippen LogP contribution in [0.3, 0.4) is 0 Å². The molecular formula is C13H10N2O2. The van der Waals surface area contributed by atoms with Gasteiger partial charge in [0.1, 0.15) is 17.2 Å². The number of phenolic OH excluding ortho intramolecular Hbond substituents is 2. The van der Waals surface area contributed by atoms with Gasteiger partial charge in [-0.05, 0) is 18.2 Å². The third kappa shape index (κ3) is 1.50. The number of hydrogen-bond acceptors (Lipinski definition) is 3. The number of fused-ring (bicyclic) bond motifs is 1. The molecule has 3 rings (SSSR count). The summed E-state index contributed by atoms with van der Waals surface area (Å²) in [6.07, 6.45) is 1.72. The van der Waals surface area contributed by atoms with E-state index < -0.39 is 0 Å². The molecule has 2 N–H and O–H groups in total. The molecule has 4 heteroatoms. The zero-order valence-electron chi connectivity index (χ0n) is 8.91. The number of aromatic nitrogens is 2. The van der Waals surface area contributed by atoms with Crippen molar-refractivity contribution in [2.45, 2.75) is 0 Å². The number of nitrogens with zero attached hydrogens (tertiary/aromatic N) is 2. The van der Waals surface area contributed by atoms with Crippen LogP contribution in [0.5, 0.6) is 11.5 Å². The highest BCUT2D eigenvalue weighted by Crippen LogP contribution is 2.28. The van der Waals surface area contributed by atoms with Crippen molar-refractivity contribution in [3.63, 3.8) is 0 Å². The molecule has 0 amide bonds. The fraction of sp³-hybridized carbons (Fsp3) is 0. The van der Waals surface area contributed by atoms with Crippen molar-refractivity contribution >= 4 is 10.9 Å². The van der Waals surface area contributed by atoms with E-state index in [1.165, 1.54) is 18.2 Å². The molecule has 1 heterocycles. The second-order valence-corrected chi connectivity index (χ2v) is 3.79. The van der Waals surface area contributed by atoms with Crippen LogP contribution in [0.4, 0.5) is 0 Å². The van der Waals surface area contributed by atoms with Gasteiger partial charge in [0.15, 0.2) is 0 Å². The number of rotatable bonds is 1. The molecule has 0 spiro atoms. The van der Waals surface area contributed by atoms with E-state index in [2.05, 4.69) is 5.10 Å². The molecule has 17 heavy (non-hydrogen) atoms. The first kappa shape index (κ1) is 9.72. The zero-order valence-corrected chi connectivity index (χ0v) is 8.91. The fourth-order valence-corrected chi connectivity index (χ4v) is 1.85. The van der Waals surface area contributed by atoms with Gasteiger partial charge in [-0.3, -0.25) is 0 Å². The Hall–Kier alpha value is -2.49. The Morgan fingerprint density at radius 3 is 2.71 bits per heavy atom. The van der Waals surface area contributed by atoms with E-state index in [4.69, 9.17) is 0 Å². The highest BCUT2D eigenvalue weighted by Gasteiger charge is 2.09. The summed E-state index contributed by atoms with van der Waals surface area (Å²) in [5.74, 6) is 0.175. The van der Waals surface area contributed by atoms with E-state index in [1.807, 2.05) is 24.3 Å². The first-order chi connectivity index (χ1) is 8.25. The SMILES string of the molecule is Oc1ccc(O)c(-n2ncc3ccccc32)c1. The van der Waals surface area contributed by atoms with Gasteiger partial charge in [0.05, 0.1) is 11.7 Å². The lowest BCUT2D eigenvalue weighted by Gasteiger charge is -2.06. The van der Waals surface area contributed by atoms with Gasteiger partial charge in [-0.2, -0.15) is 5.10 Å². The number of benzene rings is 2. The second-order valence-electron chi connectivity index (χ2n) is 3.79. The smallest absolute Gasteiger partial charge is 0.141 e. The molecule has 0 aliphatic carbocycles. The average Bonchev–Trinajstić information content (AvgIpc) is 2.76. The molecule has 0 aliphatic rings. The highest BCUT2D eigenvalue weighted by atomic mass is 16.3. The van der Waals surface area contributed by atoms with Crippen molar-refractivity contribution in [3.05, 3.63) is 48.7 Å². The van der Waals surface area contributed by atoms with Gasteiger partial charge in [-0.1, -0.05) is 18.2 Å². The maximum absolute atomic E-state index is 9.79. The Labute approximate surface area is 97.4 Å². The second kappa shape index (κ2) is 3.52. The maximum Gasteiger partial charge on any atom is 0.141 e. The number of hydrogen-bond donors (Lipinski definition) is 2. The van der Waals surface area contributed by atoms with Crippen LogP contribution in [0.1, 0.15) is 0 Å². The van der Waals surface area contributed by atoms with Crippen LogP contribution in [0.2, 0.25) is 0 Å². The monoisotopic (exact) mass is 226 g/mol. The Balaban J connectivity index is 2.31. The Morgan fingerprint density at radius 2 is 1.82 bits per heavy atom. The van der Waals surface area contributed by atoms with E-state index in [0.717, 1.165) is 10.9 Å². The Morgan fingerprint density at radius 1 is 1.00 bits per heavy atom. The predicted molar refractivity (Wildman–Crippen MR) is 64.4 cm³/mol. The normalized spacial score (nSPS) is 10.8. The van der Waals surface area contributed by atoms with Crippen LogP contribution in [-0.4, -0.2) is 20.0 Å². The van der Waals surface area contributed by atoms with Gasteiger partial charge in [-0.25, -0.2) is 4.68 Å².